The number of methoxy groups -OCH3 is 1. The van der Waals surface area contributed by atoms with Crippen molar-refractivity contribution in [1.29, 1.82) is 0 Å². The third-order valence-electron chi connectivity index (χ3n) is 5.70. The minimum Gasteiger partial charge on any atom is -0.436 e. The molecular weight excluding hydrogens is 465 g/mol. The molecule has 0 aliphatic carbocycles. The smallest absolute Gasteiger partial charge is 0.436 e. The first-order chi connectivity index (χ1) is 16.7. The fourth-order valence-electron chi connectivity index (χ4n) is 3.93. The number of hydrogen-bond acceptors (Lipinski definition) is 7. The minimum atomic E-state index is -4.50. The van der Waals surface area contributed by atoms with Gasteiger partial charge in [-0.1, -0.05) is 30.3 Å². The second-order valence-electron chi connectivity index (χ2n) is 8.03. The second kappa shape index (κ2) is 11.9. The van der Waals surface area contributed by atoms with E-state index in [2.05, 4.69) is 15.4 Å². The van der Waals surface area contributed by atoms with Crippen LogP contribution in [0.1, 0.15) is 22.3 Å². The maximum absolute atomic E-state index is 13.4. The van der Waals surface area contributed by atoms with Crippen molar-refractivity contribution in [3.05, 3.63) is 64.7 Å². The van der Waals surface area contributed by atoms with Crippen LogP contribution in [-0.2, 0) is 40.1 Å². The monoisotopic (exact) mass is 494 g/mol. The van der Waals surface area contributed by atoms with Crippen LogP contribution in [0, 0.1) is 0 Å². The predicted octanol–water partition coefficient (Wildman–Crippen LogP) is 3.42. The highest BCUT2D eigenvalue weighted by Gasteiger charge is 2.33. The van der Waals surface area contributed by atoms with Crippen molar-refractivity contribution in [2.75, 3.05) is 45.7 Å². The molecule has 3 rings (SSSR count). The van der Waals surface area contributed by atoms with Crippen molar-refractivity contribution in [2.45, 2.75) is 25.7 Å². The van der Waals surface area contributed by atoms with Gasteiger partial charge in [0, 0.05) is 31.9 Å². The van der Waals surface area contributed by atoms with Crippen LogP contribution in [0.5, 0.6) is 0 Å². The van der Waals surface area contributed by atoms with Gasteiger partial charge in [0.25, 0.3) is 0 Å². The molecule has 1 heterocycles. The number of fused-ring (bicyclic) bond motifs is 1. The number of rotatable bonds is 9. The van der Waals surface area contributed by atoms with E-state index in [1.54, 1.807) is 7.05 Å². The average Bonchev–Trinajstić information content (AvgIpc) is 2.84. The van der Waals surface area contributed by atoms with Crippen molar-refractivity contribution in [3.8, 4) is 0 Å². The lowest BCUT2D eigenvalue weighted by molar-refractivity contribution is -0.139. The summed E-state index contributed by atoms with van der Waals surface area (Å²) in [5.74, 6) is -0.318. The first kappa shape index (κ1) is 26.3. The third-order valence-corrected chi connectivity index (χ3v) is 5.70. The van der Waals surface area contributed by atoms with Gasteiger partial charge in [-0.2, -0.15) is 13.2 Å². The lowest BCUT2D eigenvalue weighted by atomic mass is 9.99. The fourth-order valence-corrected chi connectivity index (χ4v) is 3.93. The molecule has 2 aromatic rings. The molecule has 0 unspecified atom stereocenters. The number of nitrogens with zero attached hydrogens (tertiary/aromatic N) is 2. The largest absolute Gasteiger partial charge is 0.527 e. The molecule has 0 radical (unpaired) electrons. The summed E-state index contributed by atoms with van der Waals surface area (Å²) in [5.41, 5.74) is 1.99. The maximum atomic E-state index is 13.4. The quantitative estimate of drug-likeness (QED) is 0.517. The van der Waals surface area contributed by atoms with Gasteiger partial charge in [0.2, 0.25) is 5.91 Å². The Kier molecular flexibility index (Phi) is 8.94. The maximum Gasteiger partial charge on any atom is 0.527 e. The standard InChI is InChI=1S/C24H29F3N4O4/c1-28-11-13-30(15-18-6-3-4-8-20(18)24(25,26)27)22(32)14-29-21-9-5-7-17-16-31(12-10-19(17)21)35-23(33)34-2/h3-9,28-29H,10-16H2,1-2H3. The van der Waals surface area contributed by atoms with Crippen LogP contribution in [0.4, 0.5) is 23.7 Å². The van der Waals surface area contributed by atoms with Crippen LogP contribution in [-0.4, -0.2) is 62.4 Å². The number of likely N-dealkylation sites (N-methyl/N-ethyl adjacent to an activating group) is 1. The summed E-state index contributed by atoms with van der Waals surface area (Å²) in [5, 5.41) is 7.58. The van der Waals surface area contributed by atoms with Gasteiger partial charge in [-0.3, -0.25) is 4.79 Å². The van der Waals surface area contributed by atoms with Gasteiger partial charge in [0.05, 0.1) is 25.8 Å². The van der Waals surface area contributed by atoms with Crippen molar-refractivity contribution in [3.63, 3.8) is 0 Å². The van der Waals surface area contributed by atoms with Crippen LogP contribution in [0.2, 0.25) is 0 Å². The SMILES string of the molecule is CNCCN(Cc1ccccc1C(F)(F)F)C(=O)CNc1cccc2c1CCN(OC(=O)OC)C2. The molecule has 2 N–H and O–H groups in total. The molecule has 2 aromatic carbocycles. The van der Waals surface area contributed by atoms with Crippen molar-refractivity contribution in [1.82, 2.24) is 15.3 Å². The van der Waals surface area contributed by atoms with Crippen LogP contribution in [0.3, 0.4) is 0 Å². The Morgan fingerprint density at radius 2 is 1.91 bits per heavy atom. The molecule has 0 fully saturated rings. The number of anilines is 1. The van der Waals surface area contributed by atoms with Crippen LogP contribution in [0.25, 0.3) is 0 Å². The van der Waals surface area contributed by atoms with E-state index in [-0.39, 0.29) is 31.1 Å². The van der Waals surface area contributed by atoms with Gasteiger partial charge in [-0.05, 0) is 42.3 Å². The normalized spacial score (nSPS) is 13.6. The molecule has 11 heteroatoms. The Balaban J connectivity index is 1.69. The van der Waals surface area contributed by atoms with Gasteiger partial charge < -0.3 is 25.1 Å². The molecule has 0 bridgehead atoms. The van der Waals surface area contributed by atoms with Crippen LogP contribution in [0.15, 0.2) is 42.5 Å². The summed E-state index contributed by atoms with van der Waals surface area (Å²) in [6.07, 6.45) is -4.71. The number of amides is 1. The third kappa shape index (κ3) is 7.09. The predicted molar refractivity (Wildman–Crippen MR) is 123 cm³/mol. The number of halogens is 3. The summed E-state index contributed by atoms with van der Waals surface area (Å²) in [4.78, 5) is 30.9. The van der Waals surface area contributed by atoms with E-state index in [1.165, 1.54) is 35.3 Å². The molecule has 1 aliphatic rings. The zero-order valence-electron chi connectivity index (χ0n) is 19.7. The number of carbonyl (C=O) groups is 2. The average molecular weight is 495 g/mol. The minimum absolute atomic E-state index is 0.0484. The summed E-state index contributed by atoms with van der Waals surface area (Å²) in [6, 6.07) is 10.9. The fraction of sp³-hybridized carbons (Fsp3) is 0.417. The number of nitrogens with one attached hydrogen (secondary N) is 2. The van der Waals surface area contributed by atoms with Gasteiger partial charge in [0.15, 0.2) is 0 Å². The Morgan fingerprint density at radius 1 is 1.14 bits per heavy atom. The van der Waals surface area contributed by atoms with E-state index in [9.17, 15) is 22.8 Å². The van der Waals surface area contributed by atoms with E-state index >= 15 is 0 Å². The number of benzene rings is 2. The van der Waals surface area contributed by atoms with E-state index < -0.39 is 17.9 Å². The van der Waals surface area contributed by atoms with E-state index in [1.807, 2.05) is 18.2 Å². The molecule has 0 spiro atoms. The highest BCUT2D eigenvalue weighted by Crippen LogP contribution is 2.32. The molecular formula is C24H29F3N4O4. The van der Waals surface area contributed by atoms with Gasteiger partial charge in [0.1, 0.15) is 0 Å². The van der Waals surface area contributed by atoms with E-state index in [0.29, 0.717) is 26.1 Å². The molecule has 8 nitrogen and oxygen atoms in total. The first-order valence-electron chi connectivity index (χ1n) is 11.2. The Bertz CT molecular complexity index is 1030. The van der Waals surface area contributed by atoms with Gasteiger partial charge in [-0.15, -0.1) is 5.06 Å². The van der Waals surface area contributed by atoms with Gasteiger partial charge in [-0.25, -0.2) is 4.79 Å². The molecule has 1 amide bonds. The molecule has 190 valence electrons. The van der Waals surface area contributed by atoms with Crippen LogP contribution < -0.4 is 10.6 Å². The lowest BCUT2D eigenvalue weighted by Crippen LogP contribution is -2.39. The summed E-state index contributed by atoms with van der Waals surface area (Å²) < 4.78 is 44.8. The Labute approximate surface area is 201 Å². The van der Waals surface area contributed by atoms with E-state index in [4.69, 9.17) is 4.84 Å². The number of hydrogen-bond donors (Lipinski definition) is 2. The molecule has 1 aliphatic heterocycles. The zero-order chi connectivity index (χ0) is 25.4. The first-order valence-corrected chi connectivity index (χ1v) is 11.2. The number of hydroxylamine groups is 2. The molecule has 35 heavy (non-hydrogen) atoms. The van der Waals surface area contributed by atoms with E-state index in [0.717, 1.165) is 22.9 Å². The molecule has 0 aromatic heterocycles. The Hall–Kier alpha value is -3.31. The number of alkyl halides is 3. The highest BCUT2D eigenvalue weighted by molar-refractivity contribution is 5.81. The molecule has 0 saturated carbocycles. The zero-order valence-corrected chi connectivity index (χ0v) is 19.7. The van der Waals surface area contributed by atoms with Gasteiger partial charge >= 0.3 is 12.3 Å². The lowest BCUT2D eigenvalue weighted by Gasteiger charge is -2.29. The van der Waals surface area contributed by atoms with Crippen molar-refractivity contribution >= 4 is 17.7 Å². The summed E-state index contributed by atoms with van der Waals surface area (Å²) in [6.45, 7) is 1.31. The number of ether oxygens (including phenoxy) is 1. The topological polar surface area (TPSA) is 83.1 Å². The second-order valence-corrected chi connectivity index (χ2v) is 8.03. The van der Waals surface area contributed by atoms with Crippen LogP contribution >= 0.6 is 0 Å². The van der Waals surface area contributed by atoms with Crippen molar-refractivity contribution in [2.24, 2.45) is 0 Å². The highest BCUT2D eigenvalue weighted by atomic mass is 19.4. The van der Waals surface area contributed by atoms with Crippen molar-refractivity contribution < 1.29 is 32.3 Å². The summed E-state index contributed by atoms with van der Waals surface area (Å²) in [7, 11) is 2.95. The molecule has 0 atom stereocenters. The number of carbonyl (C=O) groups excluding carboxylic acids is 2. The Morgan fingerprint density at radius 3 is 2.63 bits per heavy atom. The molecule has 0 saturated heterocycles. The summed E-state index contributed by atoms with van der Waals surface area (Å²) >= 11 is 0.